The molecule has 276 valence electrons. The lowest BCUT2D eigenvalue weighted by Gasteiger charge is -2.43. The number of ketones is 1. The molecule has 0 spiro atoms. The molecule has 52 heavy (non-hydrogen) atoms. The Morgan fingerprint density at radius 3 is 2.33 bits per heavy atom. The summed E-state index contributed by atoms with van der Waals surface area (Å²) in [5.41, 5.74) is 0.955. The lowest BCUT2D eigenvalue weighted by atomic mass is 10.2. The van der Waals surface area contributed by atoms with Gasteiger partial charge in [0.15, 0.2) is 5.82 Å². The molecule has 1 fully saturated rings. The van der Waals surface area contributed by atoms with Gasteiger partial charge >= 0.3 is 6.18 Å². The number of aromatic nitrogens is 3. The fourth-order valence-electron chi connectivity index (χ4n) is 6.45. The van der Waals surface area contributed by atoms with Gasteiger partial charge in [-0.15, -0.1) is 11.8 Å². The number of halogens is 3. The molecule has 4 aromatic rings. The molecule has 2 aromatic heterocycles. The second-order valence-electron chi connectivity index (χ2n) is 13.7. The summed E-state index contributed by atoms with van der Waals surface area (Å²) in [6, 6.07) is 20.8. The standard InChI is InChI=1S/C38H44F3N5O4SSi/c1-37(2,3)52(28-16-9-7-10-17-28,29-18-11-8-12-19-29)49-23-31-30(48-26-51-6)21-33(50-31)46-22-27(15-13-14-20-32(47)38(39,40)41)34-35(44-25-45(4)5)42-24-43-36(34)46/h7-12,16-19,22,24-25,30-31,33H,14,20-21,23,26H2,1-6H3/t30-,31-,33-/m1/s1. The summed E-state index contributed by atoms with van der Waals surface area (Å²) in [7, 11) is 0.758. The second kappa shape index (κ2) is 16.8. The Balaban J connectivity index is 1.51. The van der Waals surface area contributed by atoms with E-state index in [0.29, 0.717) is 34.8 Å². The highest BCUT2D eigenvalue weighted by Crippen LogP contribution is 2.40. The van der Waals surface area contributed by atoms with E-state index in [9.17, 15) is 18.0 Å². The van der Waals surface area contributed by atoms with Gasteiger partial charge < -0.3 is 23.4 Å². The van der Waals surface area contributed by atoms with Gasteiger partial charge in [0, 0.05) is 39.6 Å². The Morgan fingerprint density at radius 2 is 1.75 bits per heavy atom. The number of aliphatic imine (C=N–C) groups is 1. The molecule has 3 heterocycles. The van der Waals surface area contributed by atoms with Crippen LogP contribution in [-0.2, 0) is 18.7 Å². The molecule has 1 saturated heterocycles. The van der Waals surface area contributed by atoms with Gasteiger partial charge in [0.1, 0.15) is 24.3 Å². The number of thioether (sulfide) groups is 1. The Morgan fingerprint density at radius 1 is 1.10 bits per heavy atom. The van der Waals surface area contributed by atoms with Crippen molar-refractivity contribution >= 4 is 59.4 Å². The molecular weight excluding hydrogens is 708 g/mol. The van der Waals surface area contributed by atoms with Crippen LogP contribution >= 0.6 is 11.8 Å². The van der Waals surface area contributed by atoms with Gasteiger partial charge in [0.05, 0.1) is 35.9 Å². The molecule has 0 amide bonds. The van der Waals surface area contributed by atoms with Crippen molar-refractivity contribution in [3.8, 4) is 11.8 Å². The summed E-state index contributed by atoms with van der Waals surface area (Å²) < 4.78 is 60.7. The molecule has 2 aromatic carbocycles. The third kappa shape index (κ3) is 8.78. The van der Waals surface area contributed by atoms with Crippen LogP contribution in [0.5, 0.6) is 0 Å². The summed E-state index contributed by atoms with van der Waals surface area (Å²) in [5, 5.41) is 2.60. The molecule has 14 heteroatoms. The van der Waals surface area contributed by atoms with Gasteiger partial charge in [-0.25, -0.2) is 15.0 Å². The van der Waals surface area contributed by atoms with E-state index in [-0.39, 0.29) is 24.2 Å². The van der Waals surface area contributed by atoms with Crippen molar-refractivity contribution in [3.05, 3.63) is 78.8 Å². The molecule has 9 nitrogen and oxygen atoms in total. The van der Waals surface area contributed by atoms with Crippen molar-refractivity contribution in [2.75, 3.05) is 32.9 Å². The van der Waals surface area contributed by atoms with Gasteiger partial charge in [0.25, 0.3) is 8.32 Å². The van der Waals surface area contributed by atoms with Crippen molar-refractivity contribution in [3.63, 3.8) is 0 Å². The predicted molar refractivity (Wildman–Crippen MR) is 202 cm³/mol. The van der Waals surface area contributed by atoms with Gasteiger partial charge in [-0.3, -0.25) is 4.79 Å². The Labute approximate surface area is 308 Å². The van der Waals surface area contributed by atoms with E-state index in [1.165, 1.54) is 6.33 Å². The largest absolute Gasteiger partial charge is 0.450 e. The first kappa shape index (κ1) is 39.2. The minimum Gasteiger partial charge on any atom is -0.405 e. The number of ether oxygens (including phenoxy) is 2. The fourth-order valence-corrected chi connectivity index (χ4v) is 11.3. The Hall–Kier alpha value is -4.00. The predicted octanol–water partition coefficient (Wildman–Crippen LogP) is 6.49. The van der Waals surface area contributed by atoms with Crippen LogP contribution in [0.1, 0.15) is 51.8 Å². The topological polar surface area (TPSA) is 91.1 Å². The van der Waals surface area contributed by atoms with Crippen LogP contribution in [0, 0.1) is 11.8 Å². The number of carbonyl (C=O) groups excluding carboxylic acids is 1. The minimum atomic E-state index is -4.90. The number of alkyl halides is 3. The number of carbonyl (C=O) groups is 1. The third-order valence-corrected chi connectivity index (χ3v) is 14.2. The van der Waals surface area contributed by atoms with Crippen molar-refractivity contribution in [2.24, 2.45) is 4.99 Å². The van der Waals surface area contributed by atoms with E-state index in [0.717, 1.165) is 10.4 Å². The second-order valence-corrected chi connectivity index (χ2v) is 18.8. The maximum atomic E-state index is 12.8. The molecule has 5 rings (SSSR count). The molecule has 0 radical (unpaired) electrons. The summed E-state index contributed by atoms with van der Waals surface area (Å²) in [6.07, 6.45) is 0.0233. The summed E-state index contributed by atoms with van der Waals surface area (Å²) in [6.45, 7) is 6.95. The van der Waals surface area contributed by atoms with Crippen LogP contribution in [0.4, 0.5) is 19.0 Å². The van der Waals surface area contributed by atoms with Gasteiger partial charge in [-0.05, 0) is 21.7 Å². The van der Waals surface area contributed by atoms with Crippen molar-refractivity contribution in [2.45, 2.75) is 69.7 Å². The van der Waals surface area contributed by atoms with Gasteiger partial charge in [-0.1, -0.05) is 93.3 Å². The van der Waals surface area contributed by atoms with Crippen LogP contribution in [0.25, 0.3) is 11.0 Å². The smallest absolute Gasteiger partial charge is 0.405 e. The number of fused-ring (bicyclic) bond motifs is 1. The molecule has 3 atom stereocenters. The summed E-state index contributed by atoms with van der Waals surface area (Å²) in [4.78, 5) is 26.7. The molecule has 0 N–H and O–H groups in total. The lowest BCUT2D eigenvalue weighted by Crippen LogP contribution is -2.67. The van der Waals surface area contributed by atoms with E-state index in [1.807, 2.05) is 61.3 Å². The summed E-state index contributed by atoms with van der Waals surface area (Å²) >= 11 is 1.57. The first-order valence-corrected chi connectivity index (χ1v) is 20.2. The average Bonchev–Trinajstić information content (AvgIpc) is 3.69. The van der Waals surface area contributed by atoms with Crippen LogP contribution in [0.2, 0.25) is 5.04 Å². The Bertz CT molecular complexity index is 1870. The maximum absolute atomic E-state index is 12.8. The highest BCUT2D eigenvalue weighted by Gasteiger charge is 2.51. The molecule has 1 aliphatic rings. The molecule has 0 unspecified atom stereocenters. The van der Waals surface area contributed by atoms with Gasteiger partial charge in [-0.2, -0.15) is 13.2 Å². The number of benzene rings is 2. The molecule has 0 saturated carbocycles. The summed E-state index contributed by atoms with van der Waals surface area (Å²) in [5.74, 6) is 4.68. The lowest BCUT2D eigenvalue weighted by molar-refractivity contribution is -0.170. The number of nitrogens with zero attached hydrogens (tertiary/aromatic N) is 5. The quantitative estimate of drug-likeness (QED) is 0.0504. The fraction of sp³-hybridized carbons (Fsp3) is 0.421. The van der Waals surface area contributed by atoms with Gasteiger partial charge in [0.2, 0.25) is 5.78 Å². The van der Waals surface area contributed by atoms with Crippen LogP contribution in [0.15, 0.2) is 78.2 Å². The highest BCUT2D eigenvalue weighted by molar-refractivity contribution is 7.98. The number of rotatable bonds is 13. The first-order valence-electron chi connectivity index (χ1n) is 16.9. The molecule has 0 aliphatic carbocycles. The molecule has 1 aliphatic heterocycles. The SMILES string of the molecule is CSCO[C@@H]1C[C@H](n2cc(C#CCCC(=O)C(F)(F)F)c3c(N=CN(C)C)ncnc32)O[C@@H]1CO[Si](c1ccccc1)(c1ccccc1)C(C)(C)C. The molecule has 0 bridgehead atoms. The average molecular weight is 752 g/mol. The normalized spacial score (nSPS) is 18.1. The zero-order chi connectivity index (χ0) is 37.5. The highest BCUT2D eigenvalue weighted by atomic mass is 32.2. The van der Waals surface area contributed by atoms with E-state index in [4.69, 9.17) is 13.9 Å². The van der Waals surface area contributed by atoms with E-state index in [1.54, 1.807) is 29.2 Å². The van der Waals surface area contributed by atoms with E-state index >= 15 is 0 Å². The number of hydrogen-bond acceptors (Lipinski definition) is 8. The first-order chi connectivity index (χ1) is 24.8. The van der Waals surface area contributed by atoms with E-state index in [2.05, 4.69) is 71.8 Å². The van der Waals surface area contributed by atoms with E-state index < -0.39 is 39.0 Å². The number of Topliss-reactive ketones (excluding diaryl/α,β-unsaturated/α-hetero) is 1. The zero-order valence-corrected chi connectivity index (χ0v) is 32.0. The van der Waals surface area contributed by atoms with Crippen LogP contribution in [0.3, 0.4) is 0 Å². The van der Waals surface area contributed by atoms with Crippen LogP contribution < -0.4 is 10.4 Å². The van der Waals surface area contributed by atoms with Crippen molar-refractivity contribution in [1.82, 2.24) is 19.4 Å². The molecular formula is C38H44F3N5O4SSi. The minimum absolute atomic E-state index is 0.237. The monoisotopic (exact) mass is 751 g/mol. The van der Waals surface area contributed by atoms with Crippen molar-refractivity contribution in [1.29, 1.82) is 0 Å². The number of hydrogen-bond donors (Lipinski definition) is 0. The van der Waals surface area contributed by atoms with Crippen LogP contribution in [-0.4, -0.2) is 91.2 Å². The zero-order valence-electron chi connectivity index (χ0n) is 30.2. The third-order valence-electron chi connectivity index (χ3n) is 8.79. The maximum Gasteiger partial charge on any atom is 0.450 e. The van der Waals surface area contributed by atoms with Crippen molar-refractivity contribution < 1.29 is 31.9 Å². The Kier molecular flexibility index (Phi) is 12.6.